The van der Waals surface area contributed by atoms with E-state index >= 15 is 0 Å². The van der Waals surface area contributed by atoms with Crippen LogP contribution in [0.15, 0.2) is 48.8 Å². The number of H-pyrrole nitrogens is 1. The third-order valence-electron chi connectivity index (χ3n) is 5.90. The van der Waals surface area contributed by atoms with E-state index in [4.69, 9.17) is 16.6 Å². The number of hydrogen-bond donors (Lipinski definition) is 2. The molecular formula is C24H23ClFN7O. The van der Waals surface area contributed by atoms with Crippen LogP contribution in [0.3, 0.4) is 0 Å². The molecule has 3 aromatic heterocycles. The van der Waals surface area contributed by atoms with Crippen LogP contribution < -0.4 is 10.2 Å². The number of fused-ring (bicyclic) bond motifs is 1. The minimum Gasteiger partial charge on any atom is -0.367 e. The van der Waals surface area contributed by atoms with E-state index in [2.05, 4.69) is 25.4 Å². The van der Waals surface area contributed by atoms with E-state index in [1.807, 2.05) is 18.2 Å². The van der Waals surface area contributed by atoms with Crippen LogP contribution in [-0.2, 0) is 4.79 Å². The highest BCUT2D eigenvalue weighted by Gasteiger charge is 2.27. The largest absolute Gasteiger partial charge is 0.367 e. The Balaban J connectivity index is 1.49. The zero-order valence-corrected chi connectivity index (χ0v) is 19.5. The number of aromatic amines is 1. The Morgan fingerprint density at radius 3 is 2.85 bits per heavy atom. The monoisotopic (exact) mass is 479 g/mol. The van der Waals surface area contributed by atoms with Crippen molar-refractivity contribution in [2.75, 3.05) is 38.6 Å². The fraction of sp³-hybridized carbons (Fsp3) is 0.250. The van der Waals surface area contributed by atoms with Crippen LogP contribution >= 0.6 is 11.6 Å². The van der Waals surface area contributed by atoms with E-state index in [1.165, 1.54) is 12.1 Å². The molecule has 1 aliphatic heterocycles. The molecule has 1 amide bonds. The molecule has 4 heterocycles. The van der Waals surface area contributed by atoms with Crippen molar-refractivity contribution in [1.29, 1.82) is 0 Å². The topological polar surface area (TPSA) is 90.0 Å². The molecule has 0 radical (unpaired) electrons. The lowest BCUT2D eigenvalue weighted by molar-refractivity contribution is -0.130. The average molecular weight is 480 g/mol. The Labute approximate surface area is 200 Å². The molecule has 0 spiro atoms. The van der Waals surface area contributed by atoms with Gasteiger partial charge in [0.15, 0.2) is 0 Å². The van der Waals surface area contributed by atoms with E-state index in [0.717, 1.165) is 17.7 Å². The zero-order valence-electron chi connectivity index (χ0n) is 18.7. The third kappa shape index (κ3) is 4.20. The molecule has 1 aromatic carbocycles. The summed E-state index contributed by atoms with van der Waals surface area (Å²) in [6, 6.07) is 9.77. The lowest BCUT2D eigenvalue weighted by atomic mass is 10.0. The van der Waals surface area contributed by atoms with Crippen LogP contribution in [0, 0.1) is 5.82 Å². The standard InChI is InChI=1S/C24H23ClFN7O/c1-32(2)24(34)22-13-33(8-7-27-22)15-10-21-20(28-11-15)6-5-19(30-21)17-12-29-31-23(17)16-9-14(25)3-4-18(16)26/h3-6,9-12,22,27H,7-8,13H2,1-2H3,(H,29,31)/t22-/m1/s1. The van der Waals surface area contributed by atoms with E-state index in [0.29, 0.717) is 46.1 Å². The Morgan fingerprint density at radius 1 is 1.18 bits per heavy atom. The first kappa shape index (κ1) is 22.2. The van der Waals surface area contributed by atoms with Crippen LogP contribution in [0.2, 0.25) is 5.02 Å². The number of aromatic nitrogens is 4. The molecule has 34 heavy (non-hydrogen) atoms. The molecule has 1 aliphatic rings. The molecule has 0 aliphatic carbocycles. The first-order valence-electron chi connectivity index (χ1n) is 10.9. The Hall–Kier alpha value is -3.56. The summed E-state index contributed by atoms with van der Waals surface area (Å²) < 4.78 is 14.5. The maximum atomic E-state index is 14.5. The highest BCUT2D eigenvalue weighted by molar-refractivity contribution is 6.30. The lowest BCUT2D eigenvalue weighted by Crippen LogP contribution is -2.57. The molecule has 1 fully saturated rings. The van der Waals surface area contributed by atoms with Crippen molar-refractivity contribution in [3.05, 3.63) is 59.6 Å². The van der Waals surface area contributed by atoms with E-state index in [-0.39, 0.29) is 11.9 Å². The third-order valence-corrected chi connectivity index (χ3v) is 6.14. The van der Waals surface area contributed by atoms with E-state index in [9.17, 15) is 9.18 Å². The second-order valence-corrected chi connectivity index (χ2v) is 8.82. The number of nitrogens with zero attached hydrogens (tertiary/aromatic N) is 5. The smallest absolute Gasteiger partial charge is 0.241 e. The van der Waals surface area contributed by atoms with Gasteiger partial charge in [0.1, 0.15) is 17.6 Å². The van der Waals surface area contributed by atoms with Gasteiger partial charge in [0.25, 0.3) is 0 Å². The minimum absolute atomic E-state index is 0.0413. The molecule has 5 rings (SSSR count). The van der Waals surface area contributed by atoms with Gasteiger partial charge in [-0.2, -0.15) is 5.10 Å². The van der Waals surface area contributed by atoms with Gasteiger partial charge < -0.3 is 15.1 Å². The van der Waals surface area contributed by atoms with Gasteiger partial charge in [-0.15, -0.1) is 0 Å². The summed E-state index contributed by atoms with van der Waals surface area (Å²) in [5.41, 5.74) is 4.36. The van der Waals surface area contributed by atoms with Crippen LogP contribution in [0.5, 0.6) is 0 Å². The van der Waals surface area contributed by atoms with Crippen molar-refractivity contribution < 1.29 is 9.18 Å². The van der Waals surface area contributed by atoms with Crippen molar-refractivity contribution in [3.8, 4) is 22.5 Å². The molecule has 0 bridgehead atoms. The maximum absolute atomic E-state index is 14.5. The number of pyridine rings is 2. The second-order valence-electron chi connectivity index (χ2n) is 8.39. The molecule has 174 valence electrons. The average Bonchev–Trinajstić information content (AvgIpc) is 3.34. The van der Waals surface area contributed by atoms with Crippen LogP contribution in [0.1, 0.15) is 0 Å². The summed E-state index contributed by atoms with van der Waals surface area (Å²) in [7, 11) is 3.51. The number of nitrogens with one attached hydrogen (secondary N) is 2. The van der Waals surface area contributed by atoms with Gasteiger partial charge in [0.2, 0.25) is 5.91 Å². The summed E-state index contributed by atoms with van der Waals surface area (Å²) in [4.78, 5) is 25.5. The molecule has 2 N–H and O–H groups in total. The SMILES string of the molecule is CN(C)C(=O)[C@H]1CN(c2cnc3ccc(-c4c[nH]nc4-c4cc(Cl)ccc4F)nc3c2)CCN1. The maximum Gasteiger partial charge on any atom is 0.241 e. The van der Waals surface area contributed by atoms with Gasteiger partial charge in [0, 0.05) is 56.1 Å². The molecule has 1 saturated heterocycles. The highest BCUT2D eigenvalue weighted by atomic mass is 35.5. The normalized spacial score (nSPS) is 16.1. The van der Waals surface area contributed by atoms with Crippen molar-refractivity contribution in [2.45, 2.75) is 6.04 Å². The number of carbonyl (C=O) groups is 1. The Morgan fingerprint density at radius 2 is 2.03 bits per heavy atom. The number of carbonyl (C=O) groups excluding carboxylic acids is 1. The summed E-state index contributed by atoms with van der Waals surface area (Å²) in [5.74, 6) is -0.373. The van der Waals surface area contributed by atoms with Gasteiger partial charge in [-0.05, 0) is 36.4 Å². The van der Waals surface area contributed by atoms with Gasteiger partial charge in [-0.1, -0.05) is 11.6 Å². The molecule has 8 nitrogen and oxygen atoms in total. The zero-order chi connectivity index (χ0) is 23.8. The summed E-state index contributed by atoms with van der Waals surface area (Å²) >= 11 is 6.09. The van der Waals surface area contributed by atoms with Crippen molar-refractivity contribution in [3.63, 3.8) is 0 Å². The molecule has 10 heteroatoms. The lowest BCUT2D eigenvalue weighted by Gasteiger charge is -2.35. The fourth-order valence-electron chi connectivity index (χ4n) is 4.15. The molecule has 0 saturated carbocycles. The van der Waals surface area contributed by atoms with Crippen molar-refractivity contribution in [1.82, 2.24) is 30.4 Å². The second kappa shape index (κ2) is 9.00. The fourth-order valence-corrected chi connectivity index (χ4v) is 4.32. The van der Waals surface area contributed by atoms with Gasteiger partial charge in [-0.25, -0.2) is 9.37 Å². The van der Waals surface area contributed by atoms with Gasteiger partial charge in [0.05, 0.1) is 28.6 Å². The summed E-state index contributed by atoms with van der Waals surface area (Å²) in [5, 5.41) is 10.8. The number of hydrogen-bond acceptors (Lipinski definition) is 6. The quantitative estimate of drug-likeness (QED) is 0.466. The van der Waals surface area contributed by atoms with Crippen molar-refractivity contribution in [2.24, 2.45) is 0 Å². The highest BCUT2D eigenvalue weighted by Crippen LogP contribution is 2.33. The van der Waals surface area contributed by atoms with E-state index < -0.39 is 5.82 Å². The number of benzene rings is 1. The van der Waals surface area contributed by atoms with Crippen LogP contribution in [0.25, 0.3) is 33.5 Å². The first-order chi connectivity index (χ1) is 16.4. The van der Waals surface area contributed by atoms with Crippen molar-refractivity contribution >= 4 is 34.2 Å². The van der Waals surface area contributed by atoms with Crippen LogP contribution in [-0.4, -0.2) is 70.7 Å². The molecular weight excluding hydrogens is 457 g/mol. The van der Waals surface area contributed by atoms with Gasteiger partial charge in [-0.3, -0.25) is 14.9 Å². The number of rotatable bonds is 4. The van der Waals surface area contributed by atoms with E-state index in [1.54, 1.807) is 37.5 Å². The first-order valence-corrected chi connectivity index (χ1v) is 11.2. The predicted octanol–water partition coefficient (Wildman–Crippen LogP) is 3.35. The van der Waals surface area contributed by atoms with Crippen LogP contribution in [0.4, 0.5) is 10.1 Å². The molecule has 0 unspecified atom stereocenters. The van der Waals surface area contributed by atoms with Gasteiger partial charge >= 0.3 is 0 Å². The summed E-state index contributed by atoms with van der Waals surface area (Å²) in [6.45, 7) is 1.99. The Kier molecular flexibility index (Phi) is 5.89. The number of amides is 1. The number of likely N-dealkylation sites (N-methyl/N-ethyl adjacent to an activating group) is 1. The number of anilines is 1. The number of piperazine rings is 1. The molecule has 4 aromatic rings. The number of halogens is 2. The predicted molar refractivity (Wildman–Crippen MR) is 130 cm³/mol. The Bertz CT molecular complexity index is 1370. The molecule has 1 atom stereocenters. The minimum atomic E-state index is -0.414. The summed E-state index contributed by atoms with van der Waals surface area (Å²) in [6.07, 6.45) is 3.49.